The standard InChI is InChI=1S/C25H26ClFN2O4/c1-15-12-29(16(2)11-28(15)13-18-4-6-19(27)7-5-18)23(30)14-32-20-8-9-21-17(3)24(26)25(31)33-22(21)10-20/h4-10,15-16H,11-14H2,1-3H3. The van der Waals surface area contributed by atoms with Crippen LogP contribution in [-0.4, -0.2) is 47.5 Å². The summed E-state index contributed by atoms with van der Waals surface area (Å²) < 4.78 is 24.1. The highest BCUT2D eigenvalue weighted by Gasteiger charge is 2.32. The van der Waals surface area contributed by atoms with Crippen LogP contribution in [0.3, 0.4) is 0 Å². The van der Waals surface area contributed by atoms with E-state index in [1.807, 2.05) is 11.8 Å². The summed E-state index contributed by atoms with van der Waals surface area (Å²) >= 11 is 5.97. The average molecular weight is 473 g/mol. The molecule has 2 unspecified atom stereocenters. The van der Waals surface area contributed by atoms with Crippen LogP contribution in [0.5, 0.6) is 5.75 Å². The fourth-order valence-electron chi connectivity index (χ4n) is 4.22. The molecule has 0 bridgehead atoms. The second kappa shape index (κ2) is 9.53. The van der Waals surface area contributed by atoms with Crippen molar-refractivity contribution in [3.8, 4) is 5.75 Å². The number of ether oxygens (including phenoxy) is 1. The van der Waals surface area contributed by atoms with E-state index in [9.17, 15) is 14.0 Å². The molecule has 4 rings (SSSR count). The van der Waals surface area contributed by atoms with Gasteiger partial charge in [0, 0.05) is 43.2 Å². The number of rotatable bonds is 5. The fraction of sp³-hybridized carbons (Fsp3) is 0.360. The third-order valence-electron chi connectivity index (χ3n) is 6.16. The minimum Gasteiger partial charge on any atom is -0.484 e. The molecule has 6 nitrogen and oxygen atoms in total. The number of aryl methyl sites for hydroxylation is 1. The van der Waals surface area contributed by atoms with Crippen LogP contribution < -0.4 is 10.4 Å². The third-order valence-corrected chi connectivity index (χ3v) is 6.60. The molecule has 0 N–H and O–H groups in total. The summed E-state index contributed by atoms with van der Waals surface area (Å²) in [5.41, 5.74) is 1.45. The molecule has 0 spiro atoms. The molecule has 2 heterocycles. The van der Waals surface area contributed by atoms with Crippen molar-refractivity contribution in [3.05, 3.63) is 74.9 Å². The highest BCUT2D eigenvalue weighted by atomic mass is 35.5. The van der Waals surface area contributed by atoms with Crippen LogP contribution >= 0.6 is 11.6 Å². The lowest BCUT2D eigenvalue weighted by Crippen LogP contribution is -2.58. The highest BCUT2D eigenvalue weighted by Crippen LogP contribution is 2.26. The first-order valence-corrected chi connectivity index (χ1v) is 11.2. The smallest absolute Gasteiger partial charge is 0.355 e. The normalized spacial score (nSPS) is 19.1. The molecule has 8 heteroatoms. The summed E-state index contributed by atoms with van der Waals surface area (Å²) in [7, 11) is 0. The molecule has 1 fully saturated rings. The van der Waals surface area contributed by atoms with Gasteiger partial charge in [-0.05, 0) is 56.2 Å². The Labute approximate surface area is 196 Å². The number of halogens is 2. The van der Waals surface area contributed by atoms with Crippen molar-refractivity contribution in [2.75, 3.05) is 19.7 Å². The monoisotopic (exact) mass is 472 g/mol. The number of carbonyl (C=O) groups is 1. The van der Waals surface area contributed by atoms with Crippen LogP contribution in [0.1, 0.15) is 25.0 Å². The topological polar surface area (TPSA) is 63.0 Å². The van der Waals surface area contributed by atoms with Gasteiger partial charge in [-0.25, -0.2) is 9.18 Å². The molecular weight excluding hydrogens is 447 g/mol. The van der Waals surface area contributed by atoms with Gasteiger partial charge in [-0.2, -0.15) is 0 Å². The number of benzene rings is 2. The van der Waals surface area contributed by atoms with Crippen LogP contribution in [-0.2, 0) is 11.3 Å². The second-order valence-corrected chi connectivity index (χ2v) is 8.95. The molecule has 174 valence electrons. The summed E-state index contributed by atoms with van der Waals surface area (Å²) in [4.78, 5) is 28.9. The Morgan fingerprint density at radius 1 is 1.15 bits per heavy atom. The first-order valence-electron chi connectivity index (χ1n) is 10.9. The molecule has 2 atom stereocenters. The van der Waals surface area contributed by atoms with Gasteiger partial charge in [-0.1, -0.05) is 23.7 Å². The van der Waals surface area contributed by atoms with E-state index in [2.05, 4.69) is 11.8 Å². The van der Waals surface area contributed by atoms with Gasteiger partial charge < -0.3 is 14.1 Å². The van der Waals surface area contributed by atoms with Gasteiger partial charge in [0.05, 0.1) is 0 Å². The molecule has 1 aromatic heterocycles. The molecule has 3 aromatic rings. The number of nitrogens with zero attached hydrogens (tertiary/aromatic N) is 2. The first-order chi connectivity index (χ1) is 15.7. The van der Waals surface area contributed by atoms with E-state index in [1.165, 1.54) is 12.1 Å². The number of hydrogen-bond acceptors (Lipinski definition) is 5. The molecule has 1 saturated heterocycles. The predicted molar refractivity (Wildman–Crippen MR) is 125 cm³/mol. The molecule has 0 radical (unpaired) electrons. The number of carbonyl (C=O) groups excluding carboxylic acids is 1. The van der Waals surface area contributed by atoms with Crippen molar-refractivity contribution >= 4 is 28.5 Å². The molecule has 2 aromatic carbocycles. The van der Waals surface area contributed by atoms with Gasteiger partial charge in [0.1, 0.15) is 22.2 Å². The van der Waals surface area contributed by atoms with Crippen molar-refractivity contribution in [2.24, 2.45) is 0 Å². The Hall–Kier alpha value is -2.90. The molecule has 1 amide bonds. The maximum absolute atomic E-state index is 13.2. The SMILES string of the molecule is Cc1c(Cl)c(=O)oc2cc(OCC(=O)N3CC(C)N(Cc4ccc(F)cc4)CC3C)ccc12. The summed E-state index contributed by atoms with van der Waals surface area (Å²) in [5.74, 6) is 0.0871. The minimum atomic E-state index is -0.601. The summed E-state index contributed by atoms with van der Waals surface area (Å²) in [6.07, 6.45) is 0. The zero-order valence-electron chi connectivity index (χ0n) is 18.8. The maximum Gasteiger partial charge on any atom is 0.355 e. The number of amides is 1. The fourth-order valence-corrected chi connectivity index (χ4v) is 4.36. The lowest BCUT2D eigenvalue weighted by molar-refractivity contribution is -0.139. The third kappa shape index (κ3) is 5.04. The van der Waals surface area contributed by atoms with Gasteiger partial charge in [0.15, 0.2) is 6.61 Å². The second-order valence-electron chi connectivity index (χ2n) is 8.58. The molecule has 1 aliphatic heterocycles. The molecule has 33 heavy (non-hydrogen) atoms. The van der Waals surface area contributed by atoms with Gasteiger partial charge in [-0.15, -0.1) is 0 Å². The van der Waals surface area contributed by atoms with E-state index in [-0.39, 0.29) is 35.4 Å². The quantitative estimate of drug-likeness (QED) is 0.515. The highest BCUT2D eigenvalue weighted by molar-refractivity contribution is 6.31. The Morgan fingerprint density at radius 2 is 1.88 bits per heavy atom. The largest absolute Gasteiger partial charge is 0.484 e. The number of piperazine rings is 1. The Kier molecular flexibility index (Phi) is 6.72. The Morgan fingerprint density at radius 3 is 2.61 bits per heavy atom. The maximum atomic E-state index is 13.2. The lowest BCUT2D eigenvalue weighted by atomic mass is 10.1. The van der Waals surface area contributed by atoms with E-state index < -0.39 is 5.63 Å². The van der Waals surface area contributed by atoms with Crippen molar-refractivity contribution < 1.29 is 18.3 Å². The summed E-state index contributed by atoms with van der Waals surface area (Å²) in [6.45, 7) is 7.73. The van der Waals surface area contributed by atoms with E-state index in [1.54, 1.807) is 37.3 Å². The van der Waals surface area contributed by atoms with Crippen LogP contribution in [0.2, 0.25) is 5.02 Å². The van der Waals surface area contributed by atoms with Gasteiger partial charge in [-0.3, -0.25) is 9.69 Å². The van der Waals surface area contributed by atoms with E-state index in [4.69, 9.17) is 20.8 Å². The summed E-state index contributed by atoms with van der Waals surface area (Å²) in [6, 6.07) is 11.8. The zero-order chi connectivity index (χ0) is 23.7. The molecular formula is C25H26ClFN2O4. The van der Waals surface area contributed by atoms with Crippen molar-refractivity contribution in [2.45, 2.75) is 39.4 Å². The van der Waals surface area contributed by atoms with Crippen LogP contribution in [0.15, 0.2) is 51.7 Å². The lowest BCUT2D eigenvalue weighted by Gasteiger charge is -2.44. The first kappa shape index (κ1) is 23.3. The average Bonchev–Trinajstić information content (AvgIpc) is 2.79. The Bertz CT molecular complexity index is 1230. The number of fused-ring (bicyclic) bond motifs is 1. The molecule has 0 aliphatic carbocycles. The van der Waals surface area contributed by atoms with Crippen molar-refractivity contribution in [1.82, 2.24) is 9.80 Å². The Balaban J connectivity index is 1.38. The predicted octanol–water partition coefficient (Wildman–Crippen LogP) is 4.39. The van der Waals surface area contributed by atoms with E-state index >= 15 is 0 Å². The van der Waals surface area contributed by atoms with Crippen LogP contribution in [0, 0.1) is 12.7 Å². The molecule has 1 aliphatic rings. The van der Waals surface area contributed by atoms with Gasteiger partial charge in [0.2, 0.25) is 0 Å². The van der Waals surface area contributed by atoms with Gasteiger partial charge in [0.25, 0.3) is 5.91 Å². The van der Waals surface area contributed by atoms with Crippen LogP contribution in [0.25, 0.3) is 11.0 Å². The molecule has 0 saturated carbocycles. The van der Waals surface area contributed by atoms with Crippen molar-refractivity contribution in [1.29, 1.82) is 0 Å². The van der Waals surface area contributed by atoms with Gasteiger partial charge >= 0.3 is 5.63 Å². The van der Waals surface area contributed by atoms with Crippen molar-refractivity contribution in [3.63, 3.8) is 0 Å². The van der Waals surface area contributed by atoms with E-state index in [0.29, 0.717) is 36.5 Å². The summed E-state index contributed by atoms with van der Waals surface area (Å²) in [5, 5.41) is 0.783. The van der Waals surface area contributed by atoms with E-state index in [0.717, 1.165) is 10.9 Å². The van der Waals surface area contributed by atoms with Crippen LogP contribution in [0.4, 0.5) is 4.39 Å². The minimum absolute atomic E-state index is 0.0113. The zero-order valence-corrected chi connectivity index (χ0v) is 19.6. The number of hydrogen-bond donors (Lipinski definition) is 0.